The lowest BCUT2D eigenvalue weighted by Gasteiger charge is -2.14. The van der Waals surface area contributed by atoms with E-state index >= 15 is 0 Å². The average Bonchev–Trinajstić information content (AvgIpc) is 3.13. The van der Waals surface area contributed by atoms with E-state index in [-0.39, 0.29) is 32.3 Å². The van der Waals surface area contributed by atoms with E-state index in [9.17, 15) is 35.2 Å². The molecule has 14 heteroatoms. The second-order valence-electron chi connectivity index (χ2n) is 12.2. The number of hydrogen-bond acceptors (Lipinski definition) is 6. The van der Waals surface area contributed by atoms with Crippen LogP contribution in [0.3, 0.4) is 0 Å². The fourth-order valence-corrected chi connectivity index (χ4v) is 7.56. The summed E-state index contributed by atoms with van der Waals surface area (Å²) < 4.78 is 82.3. The highest BCUT2D eigenvalue weighted by Crippen LogP contribution is 2.29. The zero-order valence-corrected chi connectivity index (χ0v) is 30.4. The molecule has 0 saturated carbocycles. The number of aryl methyl sites for hydroxylation is 2. The van der Waals surface area contributed by atoms with Gasteiger partial charge in [0.1, 0.15) is 11.6 Å². The summed E-state index contributed by atoms with van der Waals surface area (Å²) in [5.41, 5.74) is 5.07. The van der Waals surface area contributed by atoms with E-state index in [1.807, 2.05) is 38.1 Å². The molecular formula is C40H32F2N4O6S2. The van der Waals surface area contributed by atoms with Crippen molar-refractivity contribution in [2.45, 2.75) is 23.6 Å². The van der Waals surface area contributed by atoms with Crippen molar-refractivity contribution < 1.29 is 35.2 Å². The number of nitrogens with one attached hydrogen (secondary N) is 4. The Kier molecular flexibility index (Phi) is 10.6. The lowest BCUT2D eigenvalue weighted by molar-refractivity contribution is 0.101. The van der Waals surface area contributed by atoms with Gasteiger partial charge in [-0.25, -0.2) is 25.6 Å². The molecule has 0 aliphatic heterocycles. The molecule has 0 unspecified atom stereocenters. The van der Waals surface area contributed by atoms with Gasteiger partial charge in [0, 0.05) is 33.9 Å². The van der Waals surface area contributed by atoms with Crippen LogP contribution in [0.25, 0.3) is 11.1 Å². The number of anilines is 4. The van der Waals surface area contributed by atoms with E-state index in [0.29, 0.717) is 11.4 Å². The minimum absolute atomic E-state index is 0.124. The minimum atomic E-state index is -4.01. The van der Waals surface area contributed by atoms with Crippen LogP contribution in [-0.4, -0.2) is 28.6 Å². The number of hydrogen-bond donors (Lipinski definition) is 4. The molecule has 2 amide bonds. The zero-order chi connectivity index (χ0) is 38.6. The molecular weight excluding hydrogens is 735 g/mol. The minimum Gasteiger partial charge on any atom is -0.322 e. The molecule has 6 aromatic carbocycles. The van der Waals surface area contributed by atoms with Crippen molar-refractivity contribution in [2.24, 2.45) is 0 Å². The first kappa shape index (κ1) is 37.4. The van der Waals surface area contributed by atoms with Crippen LogP contribution in [0.1, 0.15) is 31.8 Å². The van der Waals surface area contributed by atoms with Gasteiger partial charge in [-0.1, -0.05) is 24.3 Å². The predicted molar refractivity (Wildman–Crippen MR) is 205 cm³/mol. The molecule has 0 bridgehead atoms. The summed E-state index contributed by atoms with van der Waals surface area (Å²) in [4.78, 5) is 26.1. The van der Waals surface area contributed by atoms with Crippen molar-refractivity contribution in [1.82, 2.24) is 0 Å². The largest absolute Gasteiger partial charge is 0.322 e. The van der Waals surface area contributed by atoms with E-state index in [1.165, 1.54) is 24.3 Å². The van der Waals surface area contributed by atoms with Crippen molar-refractivity contribution in [3.63, 3.8) is 0 Å². The Labute approximate surface area is 311 Å². The summed E-state index contributed by atoms with van der Waals surface area (Å²) in [6, 6.07) is 31.7. The second kappa shape index (κ2) is 15.3. The van der Waals surface area contributed by atoms with Gasteiger partial charge in [0.2, 0.25) is 0 Å². The van der Waals surface area contributed by atoms with E-state index < -0.39 is 43.5 Å². The molecule has 0 spiro atoms. The molecule has 6 aromatic rings. The number of carbonyl (C=O) groups excluding carboxylic acids is 2. The van der Waals surface area contributed by atoms with Crippen LogP contribution < -0.4 is 20.1 Å². The highest BCUT2D eigenvalue weighted by molar-refractivity contribution is 7.93. The molecule has 6 rings (SSSR count). The van der Waals surface area contributed by atoms with Gasteiger partial charge >= 0.3 is 0 Å². The lowest BCUT2D eigenvalue weighted by Crippen LogP contribution is -2.15. The average molecular weight is 767 g/mol. The zero-order valence-electron chi connectivity index (χ0n) is 28.7. The van der Waals surface area contributed by atoms with Crippen LogP contribution >= 0.6 is 0 Å². The fourth-order valence-electron chi connectivity index (χ4n) is 5.46. The van der Waals surface area contributed by atoms with Crippen LogP contribution in [0.15, 0.2) is 143 Å². The highest BCUT2D eigenvalue weighted by atomic mass is 32.2. The molecule has 0 heterocycles. The number of rotatable bonds is 11. The van der Waals surface area contributed by atoms with Crippen LogP contribution in [0.2, 0.25) is 0 Å². The van der Waals surface area contributed by atoms with E-state index in [4.69, 9.17) is 0 Å². The topological polar surface area (TPSA) is 151 Å². The third-order valence-electron chi connectivity index (χ3n) is 8.28. The van der Waals surface area contributed by atoms with Crippen molar-refractivity contribution >= 4 is 54.6 Å². The molecule has 0 aliphatic carbocycles. The number of amides is 2. The van der Waals surface area contributed by atoms with E-state index in [0.717, 1.165) is 70.8 Å². The Hall–Kier alpha value is -6.38. The molecule has 54 heavy (non-hydrogen) atoms. The summed E-state index contributed by atoms with van der Waals surface area (Å²) in [6.07, 6.45) is 0. The van der Waals surface area contributed by atoms with Gasteiger partial charge in [-0.3, -0.25) is 19.0 Å². The van der Waals surface area contributed by atoms with E-state index in [2.05, 4.69) is 20.1 Å². The number of halogens is 2. The fraction of sp³-hybridized carbons (Fsp3) is 0.0500. The summed E-state index contributed by atoms with van der Waals surface area (Å²) in [6.45, 7) is 3.67. The standard InChI is InChI=1S/C40H32F2N4O6S2/c1-25-21-27(9-19-37(25)43-39(47)29-5-3-7-33(23-29)45-53(49,50)35-15-11-31(41)12-16-35)28-10-20-38(26(2)22-28)44-40(48)30-6-4-8-34(24-30)46-54(51,52)36-17-13-32(42)14-18-36/h3-24,45-46H,1-2H3,(H,43,47)(H,44,48). The third-order valence-corrected chi connectivity index (χ3v) is 11.1. The van der Waals surface area contributed by atoms with Crippen molar-refractivity contribution in [3.8, 4) is 11.1 Å². The van der Waals surface area contributed by atoms with Gasteiger partial charge in [0.25, 0.3) is 31.9 Å². The number of sulfonamides is 2. The lowest BCUT2D eigenvalue weighted by atomic mass is 9.99. The molecule has 4 N–H and O–H groups in total. The normalized spacial score (nSPS) is 11.4. The first-order chi connectivity index (χ1) is 25.7. The molecule has 0 atom stereocenters. The van der Waals surface area contributed by atoms with Crippen molar-refractivity contribution in [2.75, 3.05) is 20.1 Å². The monoisotopic (exact) mass is 766 g/mol. The van der Waals surface area contributed by atoms with Gasteiger partial charge in [-0.05, 0) is 145 Å². The smallest absolute Gasteiger partial charge is 0.261 e. The Bertz CT molecular complexity index is 2430. The summed E-state index contributed by atoms with van der Waals surface area (Å²) in [5.74, 6) is -2.05. The number of benzene rings is 6. The molecule has 0 saturated heterocycles. The van der Waals surface area contributed by atoms with Gasteiger partial charge in [-0.2, -0.15) is 0 Å². The Morgan fingerprint density at radius 3 is 1.20 bits per heavy atom. The molecule has 10 nitrogen and oxygen atoms in total. The number of carbonyl (C=O) groups is 2. The summed E-state index contributed by atoms with van der Waals surface area (Å²) in [7, 11) is -8.02. The second-order valence-corrected chi connectivity index (χ2v) is 15.6. The molecule has 0 fully saturated rings. The molecule has 274 valence electrons. The Morgan fingerprint density at radius 2 is 0.852 bits per heavy atom. The highest BCUT2D eigenvalue weighted by Gasteiger charge is 2.18. The maximum atomic E-state index is 13.3. The molecule has 0 aliphatic rings. The SMILES string of the molecule is Cc1cc(-c2ccc(NC(=O)c3cccc(NS(=O)(=O)c4ccc(F)cc4)c3)c(C)c2)ccc1NC(=O)c1cccc(NS(=O)(=O)c2ccc(F)cc2)c1. The van der Waals surface area contributed by atoms with Crippen LogP contribution in [0, 0.1) is 25.5 Å². The maximum absolute atomic E-state index is 13.3. The van der Waals surface area contributed by atoms with Crippen LogP contribution in [0.4, 0.5) is 31.5 Å². The first-order valence-corrected chi connectivity index (χ1v) is 19.2. The van der Waals surface area contributed by atoms with E-state index in [1.54, 1.807) is 36.4 Å². The Balaban J connectivity index is 1.10. The summed E-state index contributed by atoms with van der Waals surface area (Å²) >= 11 is 0. The maximum Gasteiger partial charge on any atom is 0.261 e. The van der Waals surface area contributed by atoms with Crippen molar-refractivity contribution in [1.29, 1.82) is 0 Å². The third kappa shape index (κ3) is 8.80. The van der Waals surface area contributed by atoms with Gasteiger partial charge in [0.15, 0.2) is 0 Å². The van der Waals surface area contributed by atoms with Crippen molar-refractivity contribution in [3.05, 3.63) is 167 Å². The Morgan fingerprint density at radius 1 is 0.481 bits per heavy atom. The summed E-state index contributed by atoms with van der Waals surface area (Å²) in [5, 5.41) is 5.72. The predicted octanol–water partition coefficient (Wildman–Crippen LogP) is 8.35. The van der Waals surface area contributed by atoms with Gasteiger partial charge in [-0.15, -0.1) is 0 Å². The quantitative estimate of drug-likeness (QED) is 0.104. The van der Waals surface area contributed by atoms with Crippen LogP contribution in [-0.2, 0) is 20.0 Å². The molecule has 0 radical (unpaired) electrons. The van der Waals surface area contributed by atoms with Gasteiger partial charge in [0.05, 0.1) is 9.79 Å². The van der Waals surface area contributed by atoms with Gasteiger partial charge < -0.3 is 10.6 Å². The van der Waals surface area contributed by atoms with Crippen LogP contribution in [0.5, 0.6) is 0 Å². The first-order valence-electron chi connectivity index (χ1n) is 16.3. The molecule has 0 aromatic heterocycles.